The molecule has 0 spiro atoms. The van der Waals surface area contributed by atoms with E-state index >= 15 is 0 Å². The average molecular weight is 353 g/mol. The maximum absolute atomic E-state index is 13.7. The average Bonchev–Trinajstić information content (AvgIpc) is 2.49. The van der Waals surface area contributed by atoms with E-state index in [4.69, 9.17) is 0 Å². The minimum Gasteiger partial charge on any atom is -0.207 e. The molecule has 0 N–H and O–H groups in total. The predicted octanol–water partition coefficient (Wildman–Crippen LogP) is 6.16. The summed E-state index contributed by atoms with van der Waals surface area (Å²) in [6.45, 7) is 4.37. The maximum atomic E-state index is 13.7. The highest BCUT2D eigenvalue weighted by Gasteiger charge is 2.13. The highest BCUT2D eigenvalue weighted by Crippen LogP contribution is 2.29. The van der Waals surface area contributed by atoms with Crippen molar-refractivity contribution in [2.24, 2.45) is 0 Å². The number of alkyl halides is 1. The molecule has 0 nitrogen and oxygen atoms in total. The Balaban J connectivity index is 2.11. The molecular weight excluding hydrogens is 334 g/mol. The van der Waals surface area contributed by atoms with E-state index < -0.39 is 11.6 Å². The number of halogens is 3. The zero-order valence-electron chi connectivity index (χ0n) is 12.2. The van der Waals surface area contributed by atoms with Crippen LogP contribution in [0.15, 0.2) is 42.5 Å². The molecule has 21 heavy (non-hydrogen) atoms. The van der Waals surface area contributed by atoms with Crippen molar-refractivity contribution in [1.29, 1.82) is 0 Å². The molecule has 0 aliphatic carbocycles. The van der Waals surface area contributed by atoms with Crippen LogP contribution >= 0.6 is 15.9 Å². The molecule has 3 heteroatoms. The Morgan fingerprint density at radius 1 is 1.00 bits per heavy atom. The van der Waals surface area contributed by atoms with Crippen LogP contribution < -0.4 is 0 Å². The van der Waals surface area contributed by atoms with Crippen LogP contribution in [0.1, 0.15) is 47.7 Å². The van der Waals surface area contributed by atoms with Crippen LogP contribution in [0.3, 0.4) is 0 Å². The molecule has 2 rings (SSSR count). The van der Waals surface area contributed by atoms with Gasteiger partial charge < -0.3 is 0 Å². The number of rotatable bonds is 5. The molecule has 2 aromatic carbocycles. The Hall–Kier alpha value is -1.22. The van der Waals surface area contributed by atoms with E-state index in [2.05, 4.69) is 54.0 Å². The molecule has 0 bridgehead atoms. The van der Waals surface area contributed by atoms with Gasteiger partial charge in [-0.3, -0.25) is 0 Å². The molecule has 2 aromatic rings. The quantitative estimate of drug-likeness (QED) is 0.565. The fourth-order valence-corrected chi connectivity index (χ4v) is 2.92. The topological polar surface area (TPSA) is 0 Å². The van der Waals surface area contributed by atoms with E-state index in [0.29, 0.717) is 17.9 Å². The van der Waals surface area contributed by atoms with Gasteiger partial charge in [0.2, 0.25) is 0 Å². The van der Waals surface area contributed by atoms with Gasteiger partial charge in [-0.05, 0) is 41.5 Å². The Bertz CT molecular complexity index is 593. The van der Waals surface area contributed by atoms with Gasteiger partial charge in [0.25, 0.3) is 0 Å². The van der Waals surface area contributed by atoms with Crippen LogP contribution in [0.2, 0.25) is 0 Å². The highest BCUT2D eigenvalue weighted by atomic mass is 79.9. The summed E-state index contributed by atoms with van der Waals surface area (Å²) in [4.78, 5) is 0.0171. The van der Waals surface area contributed by atoms with Crippen LogP contribution in [-0.2, 0) is 6.42 Å². The van der Waals surface area contributed by atoms with Crippen LogP contribution in [0.5, 0.6) is 0 Å². The molecule has 0 fully saturated rings. The van der Waals surface area contributed by atoms with Gasteiger partial charge >= 0.3 is 0 Å². The predicted molar refractivity (Wildman–Crippen MR) is 86.9 cm³/mol. The summed E-state index contributed by atoms with van der Waals surface area (Å²) in [5, 5.41) is 0. The zero-order valence-corrected chi connectivity index (χ0v) is 13.8. The van der Waals surface area contributed by atoms with Gasteiger partial charge in [0.05, 0.1) is 0 Å². The fraction of sp³-hybridized carbons (Fsp3) is 0.333. The molecule has 0 saturated carbocycles. The lowest BCUT2D eigenvalue weighted by atomic mass is 9.96. The fourth-order valence-electron chi connectivity index (χ4n) is 2.27. The van der Waals surface area contributed by atoms with E-state index in [1.165, 1.54) is 17.7 Å². The Kier molecular flexibility index (Phi) is 5.51. The normalized spacial score (nSPS) is 14.0. The summed E-state index contributed by atoms with van der Waals surface area (Å²) >= 11 is 3.59. The first kappa shape index (κ1) is 16.2. The van der Waals surface area contributed by atoms with Gasteiger partial charge in [0.1, 0.15) is 11.6 Å². The van der Waals surface area contributed by atoms with Crippen molar-refractivity contribution in [3.63, 3.8) is 0 Å². The SMILES string of the molecule is CCC(C)c1ccc(C(Br)Cc2ccc(F)cc2F)cc1. The first-order valence-corrected chi connectivity index (χ1v) is 8.10. The Morgan fingerprint density at radius 3 is 2.19 bits per heavy atom. The summed E-state index contributed by atoms with van der Waals surface area (Å²) in [6.07, 6.45) is 1.60. The molecule has 0 aliphatic rings. The third-order valence-electron chi connectivity index (χ3n) is 3.89. The van der Waals surface area contributed by atoms with Crippen molar-refractivity contribution in [1.82, 2.24) is 0 Å². The molecule has 2 atom stereocenters. The Labute approximate surface area is 133 Å². The van der Waals surface area contributed by atoms with Gasteiger partial charge in [-0.25, -0.2) is 8.78 Å². The smallest absolute Gasteiger partial charge is 0.129 e. The summed E-state index contributed by atoms with van der Waals surface area (Å²) in [5.41, 5.74) is 2.93. The largest absolute Gasteiger partial charge is 0.207 e. The third kappa shape index (κ3) is 4.13. The molecule has 0 saturated heterocycles. The first-order valence-electron chi connectivity index (χ1n) is 7.19. The van der Waals surface area contributed by atoms with E-state index in [9.17, 15) is 8.78 Å². The second kappa shape index (κ2) is 7.17. The van der Waals surface area contributed by atoms with Crippen LogP contribution in [-0.4, -0.2) is 0 Å². The van der Waals surface area contributed by atoms with E-state index in [1.807, 2.05) is 0 Å². The molecule has 0 radical (unpaired) electrons. The lowest BCUT2D eigenvalue weighted by molar-refractivity contribution is 0.571. The van der Waals surface area contributed by atoms with E-state index in [0.717, 1.165) is 18.1 Å². The Morgan fingerprint density at radius 2 is 1.62 bits per heavy atom. The van der Waals surface area contributed by atoms with Crippen molar-refractivity contribution in [2.45, 2.75) is 37.4 Å². The monoisotopic (exact) mass is 352 g/mol. The molecule has 0 amide bonds. The molecule has 2 unspecified atom stereocenters. The van der Waals surface area contributed by atoms with Crippen LogP contribution in [0.4, 0.5) is 8.78 Å². The molecule has 112 valence electrons. The van der Waals surface area contributed by atoms with Crippen molar-refractivity contribution in [3.05, 3.63) is 70.8 Å². The number of hydrogen-bond donors (Lipinski definition) is 0. The van der Waals surface area contributed by atoms with Crippen molar-refractivity contribution in [3.8, 4) is 0 Å². The second-order valence-electron chi connectivity index (χ2n) is 5.38. The lowest BCUT2D eigenvalue weighted by Gasteiger charge is -2.14. The standard InChI is InChI=1S/C18H19BrF2/c1-3-12(2)13-4-6-14(7-5-13)17(19)10-15-8-9-16(20)11-18(15)21/h4-9,11-12,17H,3,10H2,1-2H3. The molecule has 0 heterocycles. The summed E-state index contributed by atoms with van der Waals surface area (Å²) < 4.78 is 26.6. The van der Waals surface area contributed by atoms with Crippen LogP contribution in [0, 0.1) is 11.6 Å². The number of benzene rings is 2. The minimum atomic E-state index is -0.541. The second-order valence-corrected chi connectivity index (χ2v) is 6.49. The summed E-state index contributed by atoms with van der Waals surface area (Å²) in [7, 11) is 0. The summed E-state index contributed by atoms with van der Waals surface area (Å²) in [5.74, 6) is -0.488. The van der Waals surface area contributed by atoms with Gasteiger partial charge in [0, 0.05) is 10.9 Å². The van der Waals surface area contributed by atoms with Crippen molar-refractivity contribution < 1.29 is 8.78 Å². The van der Waals surface area contributed by atoms with Crippen molar-refractivity contribution >= 4 is 15.9 Å². The molecular formula is C18H19BrF2. The minimum absolute atomic E-state index is 0.0171. The van der Waals surface area contributed by atoms with Gasteiger partial charge in [-0.15, -0.1) is 0 Å². The third-order valence-corrected chi connectivity index (χ3v) is 4.75. The van der Waals surface area contributed by atoms with E-state index in [1.54, 1.807) is 0 Å². The molecule has 0 aromatic heterocycles. The summed E-state index contributed by atoms with van der Waals surface area (Å²) in [6, 6.07) is 12.1. The van der Waals surface area contributed by atoms with Gasteiger partial charge in [-0.2, -0.15) is 0 Å². The number of hydrogen-bond acceptors (Lipinski definition) is 0. The van der Waals surface area contributed by atoms with Crippen LogP contribution in [0.25, 0.3) is 0 Å². The van der Waals surface area contributed by atoms with Crippen molar-refractivity contribution in [2.75, 3.05) is 0 Å². The van der Waals surface area contributed by atoms with Gasteiger partial charge in [0.15, 0.2) is 0 Å². The lowest BCUT2D eigenvalue weighted by Crippen LogP contribution is -1.99. The first-order chi connectivity index (χ1) is 10.0. The highest BCUT2D eigenvalue weighted by molar-refractivity contribution is 9.09. The maximum Gasteiger partial charge on any atom is 0.129 e. The van der Waals surface area contributed by atoms with E-state index in [-0.39, 0.29) is 4.83 Å². The molecule has 0 aliphatic heterocycles. The zero-order chi connectivity index (χ0) is 15.4. The van der Waals surface area contributed by atoms with Gasteiger partial charge in [-0.1, -0.05) is 60.1 Å².